The summed E-state index contributed by atoms with van der Waals surface area (Å²) in [5.41, 5.74) is 2.68. The molecule has 0 aromatic heterocycles. The Bertz CT molecular complexity index is 184. The predicted octanol–water partition coefficient (Wildman–Crippen LogP) is 3.99. The number of hydrogen-bond donors (Lipinski definition) is 0. The first-order valence-electron chi connectivity index (χ1n) is 3.36. The number of halogens is 2. The van der Waals surface area contributed by atoms with Crippen molar-refractivity contribution in [1.82, 2.24) is 0 Å². The molecule has 0 amide bonds. The second kappa shape index (κ2) is 7.45. The third-order valence-corrected chi connectivity index (χ3v) is 1.17. The summed E-state index contributed by atoms with van der Waals surface area (Å²) in [6.07, 6.45) is 0. The molecule has 1 rings (SSSR count). The van der Waals surface area contributed by atoms with Gasteiger partial charge in [-0.3, -0.25) is 0 Å². The second-order valence-electron chi connectivity index (χ2n) is 2.26. The zero-order valence-electron chi connectivity index (χ0n) is 6.77. The van der Waals surface area contributed by atoms with Gasteiger partial charge >= 0.3 is 40.5 Å². The van der Waals surface area contributed by atoms with Crippen molar-refractivity contribution in [3.8, 4) is 0 Å². The van der Waals surface area contributed by atoms with Crippen molar-refractivity contribution in [2.75, 3.05) is 0 Å². The maximum absolute atomic E-state index is 3.25. The van der Waals surface area contributed by atoms with Crippen LogP contribution in [0.4, 0.5) is 0 Å². The molecule has 11 heavy (non-hydrogen) atoms. The molecule has 1 aromatic rings. The van der Waals surface area contributed by atoms with Crippen LogP contribution < -0.4 is 0 Å². The Kier molecular flexibility index (Phi) is 8.00. The van der Waals surface area contributed by atoms with E-state index < -0.39 is 0 Å². The van der Waals surface area contributed by atoms with E-state index in [1.165, 1.54) is 11.1 Å². The van der Waals surface area contributed by atoms with E-state index in [2.05, 4.69) is 65.4 Å². The van der Waals surface area contributed by atoms with Gasteiger partial charge in [-0.1, -0.05) is 35.4 Å². The summed E-state index contributed by atoms with van der Waals surface area (Å²) in [6.45, 7) is 4.21. The molecule has 0 aliphatic heterocycles. The van der Waals surface area contributed by atoms with Crippen molar-refractivity contribution in [2.45, 2.75) is 13.8 Å². The van der Waals surface area contributed by atoms with Crippen LogP contribution in [-0.4, -0.2) is 0 Å². The number of hydrogen-bond acceptors (Lipinski definition) is 0. The Morgan fingerprint density at radius 1 is 1.09 bits per heavy atom. The molecule has 0 aliphatic carbocycles. The first kappa shape index (κ1) is 11.8. The molecule has 0 nitrogen and oxygen atoms in total. The van der Waals surface area contributed by atoms with E-state index >= 15 is 0 Å². The van der Waals surface area contributed by atoms with E-state index in [-0.39, 0.29) is 13.2 Å². The summed E-state index contributed by atoms with van der Waals surface area (Å²) in [6, 6.07) is 8.45. The number of rotatable bonds is 0. The van der Waals surface area contributed by atoms with Gasteiger partial charge in [-0.05, 0) is 13.8 Å². The summed E-state index contributed by atoms with van der Waals surface area (Å²) in [5, 5.41) is 0. The van der Waals surface area contributed by atoms with Crippen LogP contribution in [0.1, 0.15) is 11.1 Å². The van der Waals surface area contributed by atoms with Crippen LogP contribution in [-0.2, 0) is 13.2 Å². The number of benzene rings is 1. The van der Waals surface area contributed by atoms with Crippen LogP contribution >= 0.6 is 27.2 Å². The standard InChI is InChI=1S/C8H10.2BrH.Zn/c1-7-4-3-5-8(2)6-7;;;/h3-6H,1-2H3;2*1H;/q;;;+2/p-2. The molecule has 1 aromatic carbocycles. The van der Waals surface area contributed by atoms with E-state index in [9.17, 15) is 0 Å². The number of aryl methyl sites for hydroxylation is 2. The molecule has 0 saturated heterocycles. The van der Waals surface area contributed by atoms with Crippen LogP contribution in [0.15, 0.2) is 24.3 Å². The molecular weight excluding hydrogens is 321 g/mol. The van der Waals surface area contributed by atoms with Crippen molar-refractivity contribution in [3.63, 3.8) is 0 Å². The Hall–Kier alpha value is 0.803. The van der Waals surface area contributed by atoms with E-state index in [1.807, 2.05) is 0 Å². The van der Waals surface area contributed by atoms with E-state index in [0.29, 0.717) is 0 Å². The monoisotopic (exact) mass is 328 g/mol. The molecule has 0 atom stereocenters. The molecule has 0 saturated carbocycles. The summed E-state index contributed by atoms with van der Waals surface area (Å²) >= 11 is 6.25. The minimum absolute atomic E-state index is 0.250. The van der Waals surface area contributed by atoms with Gasteiger partial charge in [-0.2, -0.15) is 0 Å². The Morgan fingerprint density at radius 3 is 1.64 bits per heavy atom. The van der Waals surface area contributed by atoms with Crippen molar-refractivity contribution < 1.29 is 13.2 Å². The van der Waals surface area contributed by atoms with Gasteiger partial charge in [0.05, 0.1) is 0 Å². The molecular formula is C8H10Br2Zn. The van der Waals surface area contributed by atoms with Gasteiger partial charge in [-0.15, -0.1) is 0 Å². The van der Waals surface area contributed by atoms with Crippen LogP contribution in [0, 0.1) is 13.8 Å². The van der Waals surface area contributed by atoms with Gasteiger partial charge < -0.3 is 0 Å². The topological polar surface area (TPSA) is 0 Å². The second-order valence-corrected chi connectivity index (χ2v) is 16.3. The molecule has 0 aliphatic rings. The zero-order valence-corrected chi connectivity index (χ0v) is 12.9. The normalized spacial score (nSPS) is 7.64. The van der Waals surface area contributed by atoms with Gasteiger partial charge in [-0.25, -0.2) is 0 Å². The van der Waals surface area contributed by atoms with Gasteiger partial charge in [0.15, 0.2) is 0 Å². The Labute approximate surface area is 89.1 Å². The van der Waals surface area contributed by atoms with Gasteiger partial charge in [0, 0.05) is 0 Å². The van der Waals surface area contributed by atoms with Crippen molar-refractivity contribution in [1.29, 1.82) is 0 Å². The van der Waals surface area contributed by atoms with Crippen molar-refractivity contribution in [2.24, 2.45) is 0 Å². The average Bonchev–Trinajstić information content (AvgIpc) is 1.88. The third kappa shape index (κ3) is 7.17. The molecule has 0 heterocycles. The molecule has 58 valence electrons. The summed E-state index contributed by atoms with van der Waals surface area (Å²) in [5.74, 6) is 0. The SMILES string of the molecule is Cc1cccc(C)c1.[Br][Zn][Br]. The maximum atomic E-state index is 3.25. The van der Waals surface area contributed by atoms with Crippen LogP contribution in [0.5, 0.6) is 0 Å². The first-order chi connectivity index (χ1) is 5.20. The van der Waals surface area contributed by atoms with E-state index in [4.69, 9.17) is 0 Å². The minimum atomic E-state index is -0.250. The molecule has 0 bridgehead atoms. The first-order valence-corrected chi connectivity index (χ1v) is 17.3. The van der Waals surface area contributed by atoms with Crippen LogP contribution in [0.2, 0.25) is 0 Å². The van der Waals surface area contributed by atoms with E-state index in [1.54, 1.807) is 0 Å². The summed E-state index contributed by atoms with van der Waals surface area (Å²) in [7, 11) is 0. The van der Waals surface area contributed by atoms with Gasteiger partial charge in [0.25, 0.3) is 0 Å². The van der Waals surface area contributed by atoms with Crippen molar-refractivity contribution in [3.05, 3.63) is 35.4 Å². The fourth-order valence-electron chi connectivity index (χ4n) is 0.807. The molecule has 0 radical (unpaired) electrons. The van der Waals surface area contributed by atoms with E-state index in [0.717, 1.165) is 0 Å². The quantitative estimate of drug-likeness (QED) is 0.631. The fourth-order valence-corrected chi connectivity index (χ4v) is 0.807. The predicted molar refractivity (Wildman–Crippen MR) is 53.8 cm³/mol. The summed E-state index contributed by atoms with van der Waals surface area (Å²) < 4.78 is 0. The molecule has 0 unspecified atom stereocenters. The third-order valence-electron chi connectivity index (χ3n) is 1.17. The Balaban J connectivity index is 0.000000292. The average molecular weight is 331 g/mol. The van der Waals surface area contributed by atoms with Crippen LogP contribution in [0.25, 0.3) is 0 Å². The Morgan fingerprint density at radius 2 is 1.45 bits per heavy atom. The molecule has 0 spiro atoms. The molecule has 0 fully saturated rings. The van der Waals surface area contributed by atoms with Gasteiger partial charge in [0.1, 0.15) is 0 Å². The fraction of sp³-hybridized carbons (Fsp3) is 0.250. The van der Waals surface area contributed by atoms with Crippen LogP contribution in [0.3, 0.4) is 0 Å². The summed E-state index contributed by atoms with van der Waals surface area (Å²) in [4.78, 5) is 0. The molecule has 0 N–H and O–H groups in total. The van der Waals surface area contributed by atoms with Crippen molar-refractivity contribution >= 4 is 27.2 Å². The zero-order chi connectivity index (χ0) is 8.69. The van der Waals surface area contributed by atoms with Gasteiger partial charge in [0.2, 0.25) is 0 Å². The molecule has 3 heteroatoms.